The second-order valence-electron chi connectivity index (χ2n) is 6.03. The molecule has 0 spiro atoms. The highest BCUT2D eigenvalue weighted by Gasteiger charge is 2.37. The molecule has 0 aromatic heterocycles. The second kappa shape index (κ2) is 7.25. The first-order chi connectivity index (χ1) is 11.5. The highest BCUT2D eigenvalue weighted by atomic mass is 32.2. The average Bonchev–Trinajstić information content (AvgIpc) is 2.93. The molecule has 3 amide bonds. The summed E-state index contributed by atoms with van der Waals surface area (Å²) in [5.74, 6) is 0.733. The monoisotopic (exact) mass is 348 g/mol. The number of rotatable bonds is 4. The lowest BCUT2D eigenvalue weighted by Crippen LogP contribution is -2.49. The summed E-state index contributed by atoms with van der Waals surface area (Å²) >= 11 is 1.06. The van der Waals surface area contributed by atoms with Crippen molar-refractivity contribution in [2.75, 3.05) is 25.4 Å². The number of likely N-dealkylation sites (tertiary alicyclic amines) is 1. The number of imide groups is 1. The predicted molar refractivity (Wildman–Crippen MR) is 91.0 cm³/mol. The number of hydrogen-bond donors (Lipinski definition) is 0. The third kappa shape index (κ3) is 3.72. The van der Waals surface area contributed by atoms with Crippen molar-refractivity contribution in [1.29, 1.82) is 0 Å². The first kappa shape index (κ1) is 16.8. The van der Waals surface area contributed by atoms with E-state index in [1.807, 2.05) is 31.2 Å². The first-order valence-corrected chi connectivity index (χ1v) is 8.99. The molecule has 2 saturated heterocycles. The normalized spacial score (nSPS) is 19.0. The Morgan fingerprint density at radius 2 is 1.88 bits per heavy atom. The van der Waals surface area contributed by atoms with Crippen molar-refractivity contribution in [3.8, 4) is 5.75 Å². The molecule has 2 aliphatic rings. The number of ether oxygens (including phenoxy) is 1. The van der Waals surface area contributed by atoms with Gasteiger partial charge in [-0.3, -0.25) is 19.3 Å². The molecule has 0 saturated carbocycles. The summed E-state index contributed by atoms with van der Waals surface area (Å²) < 4.78 is 5.52. The molecule has 7 heteroatoms. The van der Waals surface area contributed by atoms with Crippen LogP contribution in [0.1, 0.15) is 18.4 Å². The third-order valence-electron chi connectivity index (χ3n) is 4.35. The Balaban J connectivity index is 1.47. The van der Waals surface area contributed by atoms with Crippen molar-refractivity contribution in [2.45, 2.75) is 25.8 Å². The molecular weight excluding hydrogens is 328 g/mol. The van der Waals surface area contributed by atoms with Gasteiger partial charge in [0.1, 0.15) is 5.75 Å². The molecule has 6 nitrogen and oxygen atoms in total. The summed E-state index contributed by atoms with van der Waals surface area (Å²) in [5.41, 5.74) is 1.14. The molecule has 0 bridgehead atoms. The fourth-order valence-electron chi connectivity index (χ4n) is 2.96. The van der Waals surface area contributed by atoms with E-state index in [0.717, 1.165) is 17.3 Å². The number of carbonyl (C=O) groups is 3. The van der Waals surface area contributed by atoms with Gasteiger partial charge in [-0.2, -0.15) is 0 Å². The van der Waals surface area contributed by atoms with Crippen LogP contribution in [-0.4, -0.2) is 58.3 Å². The Labute approximate surface area is 145 Å². The van der Waals surface area contributed by atoms with Crippen LogP contribution in [-0.2, 0) is 9.59 Å². The topological polar surface area (TPSA) is 66.9 Å². The van der Waals surface area contributed by atoms with Gasteiger partial charge in [-0.1, -0.05) is 29.5 Å². The number of aryl methyl sites for hydroxylation is 1. The van der Waals surface area contributed by atoms with E-state index in [2.05, 4.69) is 0 Å². The molecule has 0 aliphatic carbocycles. The molecule has 1 aromatic rings. The maximum atomic E-state index is 12.2. The molecular formula is C17H20N2O4S. The molecule has 0 radical (unpaired) electrons. The molecule has 2 fully saturated rings. The van der Waals surface area contributed by atoms with E-state index in [0.29, 0.717) is 31.7 Å². The van der Waals surface area contributed by atoms with Crippen LogP contribution in [0.25, 0.3) is 0 Å². The van der Waals surface area contributed by atoms with E-state index in [1.54, 1.807) is 4.90 Å². The second-order valence-corrected chi connectivity index (χ2v) is 6.96. The lowest BCUT2D eigenvalue weighted by atomic mass is 10.0. The van der Waals surface area contributed by atoms with E-state index < -0.39 is 0 Å². The van der Waals surface area contributed by atoms with Gasteiger partial charge in [-0.05, 0) is 31.9 Å². The molecule has 0 atom stereocenters. The molecule has 0 N–H and O–H groups in total. The van der Waals surface area contributed by atoms with Crippen molar-refractivity contribution in [3.05, 3.63) is 29.8 Å². The average molecular weight is 348 g/mol. The Bertz CT molecular complexity index is 622. The van der Waals surface area contributed by atoms with E-state index >= 15 is 0 Å². The number of nitrogens with zero attached hydrogens (tertiary/aromatic N) is 2. The van der Waals surface area contributed by atoms with Gasteiger partial charge in [-0.25, -0.2) is 0 Å². The van der Waals surface area contributed by atoms with Crippen LogP contribution in [0.3, 0.4) is 0 Å². The minimum absolute atomic E-state index is 0.00511. The van der Waals surface area contributed by atoms with Crippen LogP contribution in [0.5, 0.6) is 5.75 Å². The molecule has 0 unspecified atom stereocenters. The molecule has 24 heavy (non-hydrogen) atoms. The lowest BCUT2D eigenvalue weighted by molar-refractivity contribution is -0.135. The maximum Gasteiger partial charge on any atom is 0.289 e. The van der Waals surface area contributed by atoms with E-state index in [9.17, 15) is 14.4 Å². The minimum atomic E-state index is -0.160. The Morgan fingerprint density at radius 1 is 1.21 bits per heavy atom. The van der Waals surface area contributed by atoms with Crippen molar-refractivity contribution in [2.24, 2.45) is 0 Å². The van der Waals surface area contributed by atoms with Gasteiger partial charge in [0.15, 0.2) is 6.61 Å². The summed E-state index contributed by atoms with van der Waals surface area (Å²) in [7, 11) is 0. The van der Waals surface area contributed by atoms with Crippen LogP contribution >= 0.6 is 11.8 Å². The largest absolute Gasteiger partial charge is 0.484 e. The van der Waals surface area contributed by atoms with Gasteiger partial charge in [0.05, 0.1) is 5.75 Å². The van der Waals surface area contributed by atoms with Crippen LogP contribution in [0, 0.1) is 6.92 Å². The number of hydrogen-bond acceptors (Lipinski definition) is 5. The molecule has 2 heterocycles. The van der Waals surface area contributed by atoms with Crippen molar-refractivity contribution in [1.82, 2.24) is 9.80 Å². The third-order valence-corrected chi connectivity index (χ3v) is 5.19. The zero-order valence-corrected chi connectivity index (χ0v) is 14.4. The molecule has 128 valence electrons. The highest BCUT2D eigenvalue weighted by Crippen LogP contribution is 2.26. The van der Waals surface area contributed by atoms with Crippen LogP contribution in [0.2, 0.25) is 0 Å². The Kier molecular flexibility index (Phi) is 5.08. The van der Waals surface area contributed by atoms with Crippen LogP contribution in [0.4, 0.5) is 4.79 Å². The van der Waals surface area contributed by atoms with Gasteiger partial charge in [0.25, 0.3) is 11.1 Å². The number of carbonyl (C=O) groups excluding carboxylic acids is 3. The first-order valence-electron chi connectivity index (χ1n) is 8.00. The maximum absolute atomic E-state index is 12.2. The summed E-state index contributed by atoms with van der Waals surface area (Å²) in [6, 6.07) is 7.48. The van der Waals surface area contributed by atoms with Gasteiger partial charge >= 0.3 is 0 Å². The van der Waals surface area contributed by atoms with Gasteiger partial charge in [-0.15, -0.1) is 0 Å². The zero-order chi connectivity index (χ0) is 17.1. The van der Waals surface area contributed by atoms with Gasteiger partial charge < -0.3 is 9.64 Å². The smallest absolute Gasteiger partial charge is 0.289 e. The Morgan fingerprint density at radius 3 is 2.46 bits per heavy atom. The van der Waals surface area contributed by atoms with Gasteiger partial charge in [0, 0.05) is 19.1 Å². The van der Waals surface area contributed by atoms with Crippen molar-refractivity contribution >= 4 is 28.8 Å². The van der Waals surface area contributed by atoms with E-state index in [1.165, 1.54) is 4.90 Å². The number of piperidine rings is 1. The zero-order valence-electron chi connectivity index (χ0n) is 13.6. The van der Waals surface area contributed by atoms with Crippen molar-refractivity contribution in [3.63, 3.8) is 0 Å². The SMILES string of the molecule is Cc1ccc(OCC(=O)N2CCC(N3C(=O)CSC3=O)CC2)cc1. The highest BCUT2D eigenvalue weighted by molar-refractivity contribution is 8.14. The quantitative estimate of drug-likeness (QED) is 0.833. The number of benzene rings is 1. The van der Waals surface area contributed by atoms with E-state index in [4.69, 9.17) is 4.74 Å². The summed E-state index contributed by atoms with van der Waals surface area (Å²) in [5, 5.41) is -0.160. The molecule has 2 aliphatic heterocycles. The number of amides is 3. The minimum Gasteiger partial charge on any atom is -0.484 e. The summed E-state index contributed by atoms with van der Waals surface area (Å²) in [6.45, 7) is 3.09. The molecule has 1 aromatic carbocycles. The van der Waals surface area contributed by atoms with Crippen LogP contribution in [0.15, 0.2) is 24.3 Å². The summed E-state index contributed by atoms with van der Waals surface area (Å²) in [6.07, 6.45) is 1.27. The fraction of sp³-hybridized carbons (Fsp3) is 0.471. The predicted octanol–water partition coefficient (Wildman–Crippen LogP) is 2.06. The molecule has 3 rings (SSSR count). The number of thioether (sulfide) groups is 1. The van der Waals surface area contributed by atoms with E-state index in [-0.39, 0.29) is 35.5 Å². The fourth-order valence-corrected chi connectivity index (χ4v) is 3.74. The standard InChI is InChI=1S/C17H20N2O4S/c1-12-2-4-14(5-3-12)23-10-15(20)18-8-6-13(7-9-18)19-16(21)11-24-17(19)22/h2-5,13H,6-11H2,1H3. The lowest BCUT2D eigenvalue weighted by Gasteiger charge is -2.35. The summed E-state index contributed by atoms with van der Waals surface area (Å²) in [4.78, 5) is 38.9. The van der Waals surface area contributed by atoms with Crippen molar-refractivity contribution < 1.29 is 19.1 Å². The van der Waals surface area contributed by atoms with Gasteiger partial charge in [0.2, 0.25) is 5.91 Å². The van der Waals surface area contributed by atoms with Crippen LogP contribution < -0.4 is 4.74 Å². The Hall–Kier alpha value is -2.02.